The van der Waals surface area contributed by atoms with Crippen molar-refractivity contribution in [1.82, 2.24) is 0 Å². The van der Waals surface area contributed by atoms with Gasteiger partial charge in [-0.05, 0) is 18.4 Å². The molecule has 88 valence electrons. The third kappa shape index (κ3) is 3.37. The van der Waals surface area contributed by atoms with Gasteiger partial charge < -0.3 is 5.21 Å². The summed E-state index contributed by atoms with van der Waals surface area (Å²) in [7, 11) is 0. The summed E-state index contributed by atoms with van der Waals surface area (Å²) in [4.78, 5) is 0. The third-order valence-electron chi connectivity index (χ3n) is 2.96. The molecule has 0 saturated heterocycles. The molecule has 1 aromatic carbocycles. The molecule has 1 aromatic rings. The van der Waals surface area contributed by atoms with E-state index in [9.17, 15) is 0 Å². The number of rotatable bonds is 6. The molecule has 1 unspecified atom stereocenters. The third-order valence-corrected chi connectivity index (χ3v) is 2.96. The molecular formula is C14H21NO. The van der Waals surface area contributed by atoms with Gasteiger partial charge in [-0.25, -0.2) is 0 Å². The van der Waals surface area contributed by atoms with Crippen LogP contribution in [0.5, 0.6) is 0 Å². The molecular weight excluding hydrogens is 198 g/mol. The molecule has 2 heteroatoms. The topological polar surface area (TPSA) is 32.6 Å². The van der Waals surface area contributed by atoms with Crippen LogP contribution in [0.1, 0.15) is 45.1 Å². The minimum atomic E-state index is 0.368. The summed E-state index contributed by atoms with van der Waals surface area (Å²) in [5.41, 5.74) is 1.87. The lowest BCUT2D eigenvalue weighted by Gasteiger charge is -2.16. The van der Waals surface area contributed by atoms with Crippen LogP contribution in [0.3, 0.4) is 0 Å². The Morgan fingerprint density at radius 3 is 2.44 bits per heavy atom. The maximum absolute atomic E-state index is 9.17. The van der Waals surface area contributed by atoms with Crippen LogP contribution in [0.4, 0.5) is 0 Å². The van der Waals surface area contributed by atoms with Gasteiger partial charge in [0.25, 0.3) is 0 Å². The SMILES string of the molecule is CCCCC(CC)/C(=N/O)c1ccccc1. The Kier molecular flexibility index (Phi) is 5.62. The van der Waals surface area contributed by atoms with Crippen LogP contribution in [0.25, 0.3) is 0 Å². The van der Waals surface area contributed by atoms with Crippen molar-refractivity contribution < 1.29 is 5.21 Å². The summed E-state index contributed by atoms with van der Waals surface area (Å²) in [5.74, 6) is 0.368. The second-order valence-corrected chi connectivity index (χ2v) is 4.10. The van der Waals surface area contributed by atoms with Crippen molar-refractivity contribution in [2.24, 2.45) is 11.1 Å². The molecule has 1 rings (SSSR count). The Bertz CT molecular complexity index is 319. The molecule has 1 atom stereocenters. The number of nitrogens with zero attached hydrogens (tertiary/aromatic N) is 1. The van der Waals surface area contributed by atoms with Crippen LogP contribution < -0.4 is 0 Å². The zero-order valence-corrected chi connectivity index (χ0v) is 10.2. The lowest BCUT2D eigenvalue weighted by atomic mass is 9.90. The lowest BCUT2D eigenvalue weighted by molar-refractivity contribution is 0.314. The molecule has 0 aliphatic carbocycles. The Balaban J connectivity index is 2.80. The molecule has 1 N–H and O–H groups in total. The van der Waals surface area contributed by atoms with Crippen LogP contribution >= 0.6 is 0 Å². The number of benzene rings is 1. The highest BCUT2D eigenvalue weighted by molar-refractivity contribution is 6.01. The summed E-state index contributed by atoms with van der Waals surface area (Å²) < 4.78 is 0. The molecule has 0 heterocycles. The van der Waals surface area contributed by atoms with Gasteiger partial charge in [-0.1, -0.05) is 62.2 Å². The van der Waals surface area contributed by atoms with E-state index < -0.39 is 0 Å². The molecule has 0 aliphatic rings. The number of unbranched alkanes of at least 4 members (excludes halogenated alkanes) is 1. The Morgan fingerprint density at radius 1 is 1.25 bits per heavy atom. The molecule has 0 bridgehead atoms. The van der Waals surface area contributed by atoms with Crippen LogP contribution in [0, 0.1) is 5.92 Å². The first kappa shape index (κ1) is 12.8. The van der Waals surface area contributed by atoms with Gasteiger partial charge in [0.15, 0.2) is 0 Å². The van der Waals surface area contributed by atoms with Gasteiger partial charge >= 0.3 is 0 Å². The van der Waals surface area contributed by atoms with Crippen molar-refractivity contribution in [3.63, 3.8) is 0 Å². The van der Waals surface area contributed by atoms with Crippen LogP contribution in [0.15, 0.2) is 35.5 Å². The standard InChI is InChI=1S/C14H21NO/c1-3-5-9-12(4-2)14(15-16)13-10-7-6-8-11-13/h6-8,10-12,16H,3-5,9H2,1-2H3/b15-14-. The number of oxime groups is 1. The highest BCUT2D eigenvalue weighted by atomic mass is 16.4. The summed E-state index contributed by atoms with van der Waals surface area (Å²) in [6, 6.07) is 9.94. The first-order valence-electron chi connectivity index (χ1n) is 6.10. The molecule has 0 aliphatic heterocycles. The molecule has 0 aromatic heterocycles. The van der Waals surface area contributed by atoms with E-state index in [0.29, 0.717) is 5.92 Å². The zero-order chi connectivity index (χ0) is 11.8. The predicted molar refractivity (Wildman–Crippen MR) is 68.1 cm³/mol. The van der Waals surface area contributed by atoms with E-state index in [0.717, 1.165) is 24.1 Å². The van der Waals surface area contributed by atoms with Gasteiger partial charge in [0.1, 0.15) is 0 Å². The van der Waals surface area contributed by atoms with Crippen molar-refractivity contribution in [2.75, 3.05) is 0 Å². The second-order valence-electron chi connectivity index (χ2n) is 4.10. The quantitative estimate of drug-likeness (QED) is 0.436. The maximum atomic E-state index is 9.17. The predicted octanol–water partition coefficient (Wildman–Crippen LogP) is 4.08. The van der Waals surface area contributed by atoms with E-state index in [2.05, 4.69) is 19.0 Å². The Labute approximate surface area is 98.0 Å². The normalized spacial score (nSPS) is 13.8. The summed E-state index contributed by atoms with van der Waals surface area (Å²) in [6.45, 7) is 4.33. The monoisotopic (exact) mass is 219 g/mol. The van der Waals surface area contributed by atoms with Crippen LogP contribution in [-0.4, -0.2) is 10.9 Å². The van der Waals surface area contributed by atoms with E-state index in [4.69, 9.17) is 5.21 Å². The fourth-order valence-electron chi connectivity index (χ4n) is 1.97. The maximum Gasteiger partial charge on any atom is 0.0898 e. The van der Waals surface area contributed by atoms with Gasteiger partial charge in [0.05, 0.1) is 5.71 Å². The first-order valence-corrected chi connectivity index (χ1v) is 6.10. The van der Waals surface area contributed by atoms with Gasteiger partial charge in [0.2, 0.25) is 0 Å². The van der Waals surface area contributed by atoms with E-state index in [1.165, 1.54) is 12.8 Å². The molecule has 0 fully saturated rings. The fraction of sp³-hybridized carbons (Fsp3) is 0.500. The lowest BCUT2D eigenvalue weighted by Crippen LogP contribution is -2.15. The number of hydrogen-bond donors (Lipinski definition) is 1. The van der Waals surface area contributed by atoms with Gasteiger partial charge in [-0.15, -0.1) is 0 Å². The van der Waals surface area contributed by atoms with Crippen molar-refractivity contribution in [3.05, 3.63) is 35.9 Å². The van der Waals surface area contributed by atoms with E-state index in [1.807, 2.05) is 30.3 Å². The zero-order valence-electron chi connectivity index (χ0n) is 10.2. The van der Waals surface area contributed by atoms with Crippen molar-refractivity contribution >= 4 is 5.71 Å². The van der Waals surface area contributed by atoms with E-state index in [-0.39, 0.29) is 0 Å². The minimum absolute atomic E-state index is 0.368. The average Bonchev–Trinajstić information content (AvgIpc) is 2.35. The number of hydrogen-bond acceptors (Lipinski definition) is 2. The van der Waals surface area contributed by atoms with Crippen molar-refractivity contribution in [1.29, 1.82) is 0 Å². The molecule has 0 saturated carbocycles. The fourth-order valence-corrected chi connectivity index (χ4v) is 1.97. The Hall–Kier alpha value is -1.31. The minimum Gasteiger partial charge on any atom is -0.411 e. The summed E-state index contributed by atoms with van der Waals surface area (Å²) >= 11 is 0. The molecule has 2 nitrogen and oxygen atoms in total. The van der Waals surface area contributed by atoms with Crippen molar-refractivity contribution in [3.8, 4) is 0 Å². The van der Waals surface area contributed by atoms with Gasteiger partial charge in [-0.2, -0.15) is 0 Å². The van der Waals surface area contributed by atoms with E-state index >= 15 is 0 Å². The van der Waals surface area contributed by atoms with Gasteiger partial charge in [0, 0.05) is 5.92 Å². The van der Waals surface area contributed by atoms with Crippen LogP contribution in [0.2, 0.25) is 0 Å². The average molecular weight is 219 g/mol. The largest absolute Gasteiger partial charge is 0.411 e. The molecule has 0 amide bonds. The first-order chi connectivity index (χ1) is 7.83. The van der Waals surface area contributed by atoms with E-state index in [1.54, 1.807) is 0 Å². The van der Waals surface area contributed by atoms with Gasteiger partial charge in [-0.3, -0.25) is 0 Å². The molecule has 0 spiro atoms. The highest BCUT2D eigenvalue weighted by Gasteiger charge is 2.15. The summed E-state index contributed by atoms with van der Waals surface area (Å²) in [5, 5.41) is 12.7. The summed E-state index contributed by atoms with van der Waals surface area (Å²) in [6.07, 6.45) is 4.49. The smallest absolute Gasteiger partial charge is 0.0898 e. The van der Waals surface area contributed by atoms with Crippen LogP contribution in [-0.2, 0) is 0 Å². The Morgan fingerprint density at radius 2 is 1.94 bits per heavy atom. The van der Waals surface area contributed by atoms with Crippen molar-refractivity contribution in [2.45, 2.75) is 39.5 Å². The second kappa shape index (κ2) is 7.04. The highest BCUT2D eigenvalue weighted by Crippen LogP contribution is 2.19. The molecule has 16 heavy (non-hydrogen) atoms. The molecule has 0 radical (unpaired) electrons.